The van der Waals surface area contributed by atoms with E-state index in [0.29, 0.717) is 11.6 Å². The molecule has 18 heavy (non-hydrogen) atoms. The molecule has 0 aliphatic rings. The normalized spacial score (nSPS) is 14.5. The SMILES string of the molecule is CCCCCC(C)NC(C)c1ccc(F)cc1F. The lowest BCUT2D eigenvalue weighted by Gasteiger charge is -2.20. The fourth-order valence-corrected chi connectivity index (χ4v) is 2.15. The molecule has 0 bridgehead atoms. The lowest BCUT2D eigenvalue weighted by molar-refractivity contribution is 0.428. The van der Waals surface area contributed by atoms with Crippen LogP contribution in [-0.4, -0.2) is 6.04 Å². The Morgan fingerprint density at radius 1 is 1.17 bits per heavy atom. The van der Waals surface area contributed by atoms with Gasteiger partial charge >= 0.3 is 0 Å². The topological polar surface area (TPSA) is 12.0 Å². The highest BCUT2D eigenvalue weighted by Gasteiger charge is 2.13. The van der Waals surface area contributed by atoms with E-state index in [2.05, 4.69) is 19.2 Å². The van der Waals surface area contributed by atoms with Crippen LogP contribution < -0.4 is 5.32 Å². The van der Waals surface area contributed by atoms with Crippen LogP contribution in [0.1, 0.15) is 58.1 Å². The van der Waals surface area contributed by atoms with Crippen LogP contribution in [0, 0.1) is 11.6 Å². The van der Waals surface area contributed by atoms with E-state index in [-0.39, 0.29) is 6.04 Å². The van der Waals surface area contributed by atoms with Crippen molar-refractivity contribution >= 4 is 0 Å². The Labute approximate surface area is 109 Å². The molecule has 0 aliphatic heterocycles. The maximum Gasteiger partial charge on any atom is 0.130 e. The molecule has 0 aliphatic carbocycles. The number of hydrogen-bond donors (Lipinski definition) is 1. The zero-order valence-corrected chi connectivity index (χ0v) is 11.5. The smallest absolute Gasteiger partial charge is 0.130 e. The summed E-state index contributed by atoms with van der Waals surface area (Å²) in [7, 11) is 0. The summed E-state index contributed by atoms with van der Waals surface area (Å²) < 4.78 is 26.4. The molecule has 0 saturated heterocycles. The first-order chi connectivity index (χ1) is 8.54. The van der Waals surface area contributed by atoms with Crippen molar-refractivity contribution in [3.8, 4) is 0 Å². The average molecular weight is 255 g/mol. The molecule has 0 aromatic heterocycles. The fourth-order valence-electron chi connectivity index (χ4n) is 2.15. The van der Waals surface area contributed by atoms with Crippen molar-refractivity contribution in [3.05, 3.63) is 35.4 Å². The standard InChI is InChI=1S/C15H23F2N/c1-4-5-6-7-11(2)18-12(3)14-9-8-13(16)10-15(14)17/h8-12,18H,4-7H2,1-3H3. The zero-order chi connectivity index (χ0) is 13.5. The number of hydrogen-bond acceptors (Lipinski definition) is 1. The van der Waals surface area contributed by atoms with E-state index in [1.165, 1.54) is 31.4 Å². The van der Waals surface area contributed by atoms with E-state index >= 15 is 0 Å². The zero-order valence-electron chi connectivity index (χ0n) is 11.5. The number of unbranched alkanes of at least 4 members (excludes halogenated alkanes) is 2. The summed E-state index contributed by atoms with van der Waals surface area (Å²) in [5.41, 5.74) is 0.527. The summed E-state index contributed by atoms with van der Waals surface area (Å²) in [5, 5.41) is 3.35. The van der Waals surface area contributed by atoms with Crippen LogP contribution in [0.3, 0.4) is 0 Å². The van der Waals surface area contributed by atoms with Gasteiger partial charge in [0.1, 0.15) is 11.6 Å². The Hall–Kier alpha value is -0.960. The van der Waals surface area contributed by atoms with Gasteiger partial charge in [-0.05, 0) is 26.3 Å². The molecule has 3 heteroatoms. The van der Waals surface area contributed by atoms with Gasteiger partial charge in [0.2, 0.25) is 0 Å². The van der Waals surface area contributed by atoms with Crippen LogP contribution in [-0.2, 0) is 0 Å². The van der Waals surface area contributed by atoms with Crippen LogP contribution in [0.25, 0.3) is 0 Å². The minimum atomic E-state index is -0.528. The van der Waals surface area contributed by atoms with Gasteiger partial charge < -0.3 is 5.32 Å². The van der Waals surface area contributed by atoms with E-state index < -0.39 is 11.6 Å². The second kappa shape index (κ2) is 7.47. The third-order valence-electron chi connectivity index (χ3n) is 3.20. The average Bonchev–Trinajstić information content (AvgIpc) is 2.28. The first-order valence-electron chi connectivity index (χ1n) is 6.75. The first kappa shape index (κ1) is 15.1. The second-order valence-electron chi connectivity index (χ2n) is 4.95. The Morgan fingerprint density at radius 3 is 2.50 bits per heavy atom. The summed E-state index contributed by atoms with van der Waals surface area (Å²) >= 11 is 0. The van der Waals surface area contributed by atoms with E-state index in [0.717, 1.165) is 12.5 Å². The molecular formula is C15H23F2N. The van der Waals surface area contributed by atoms with Crippen LogP contribution in [0.4, 0.5) is 8.78 Å². The van der Waals surface area contributed by atoms with E-state index in [4.69, 9.17) is 0 Å². The number of nitrogens with one attached hydrogen (secondary N) is 1. The van der Waals surface area contributed by atoms with Gasteiger partial charge in [0, 0.05) is 23.7 Å². The quantitative estimate of drug-likeness (QED) is 0.703. The van der Waals surface area contributed by atoms with Gasteiger partial charge in [0.25, 0.3) is 0 Å². The van der Waals surface area contributed by atoms with Gasteiger partial charge in [-0.15, -0.1) is 0 Å². The van der Waals surface area contributed by atoms with Gasteiger partial charge in [-0.3, -0.25) is 0 Å². The lowest BCUT2D eigenvalue weighted by atomic mass is 10.0. The molecule has 1 rings (SSSR count). The highest BCUT2D eigenvalue weighted by Crippen LogP contribution is 2.19. The lowest BCUT2D eigenvalue weighted by Crippen LogP contribution is -2.29. The largest absolute Gasteiger partial charge is 0.308 e. The molecule has 1 N–H and O–H groups in total. The van der Waals surface area contributed by atoms with Crippen LogP contribution >= 0.6 is 0 Å². The molecule has 0 radical (unpaired) electrons. The van der Waals surface area contributed by atoms with Crippen molar-refractivity contribution in [3.63, 3.8) is 0 Å². The second-order valence-corrected chi connectivity index (χ2v) is 4.95. The molecule has 0 amide bonds. The fraction of sp³-hybridized carbons (Fsp3) is 0.600. The predicted octanol–water partition coefficient (Wildman–Crippen LogP) is 4.58. The molecule has 1 aromatic rings. The molecule has 2 unspecified atom stereocenters. The highest BCUT2D eigenvalue weighted by molar-refractivity contribution is 5.21. The van der Waals surface area contributed by atoms with Crippen molar-refractivity contribution in [1.82, 2.24) is 5.32 Å². The van der Waals surface area contributed by atoms with Crippen molar-refractivity contribution < 1.29 is 8.78 Å². The van der Waals surface area contributed by atoms with Crippen LogP contribution in [0.2, 0.25) is 0 Å². The molecule has 0 spiro atoms. The summed E-state index contributed by atoms with van der Waals surface area (Å²) in [5.74, 6) is -1.00. The maximum absolute atomic E-state index is 13.6. The minimum Gasteiger partial charge on any atom is -0.308 e. The molecule has 0 saturated carbocycles. The Morgan fingerprint density at radius 2 is 1.89 bits per heavy atom. The highest BCUT2D eigenvalue weighted by atomic mass is 19.1. The maximum atomic E-state index is 13.6. The van der Waals surface area contributed by atoms with Crippen molar-refractivity contribution in [2.45, 2.75) is 58.5 Å². The monoisotopic (exact) mass is 255 g/mol. The molecule has 1 aromatic carbocycles. The number of halogens is 2. The first-order valence-corrected chi connectivity index (χ1v) is 6.75. The molecular weight excluding hydrogens is 232 g/mol. The number of benzene rings is 1. The summed E-state index contributed by atoms with van der Waals surface area (Å²) in [6.45, 7) is 6.19. The van der Waals surface area contributed by atoms with Crippen molar-refractivity contribution in [2.75, 3.05) is 0 Å². The van der Waals surface area contributed by atoms with Gasteiger partial charge in [0.15, 0.2) is 0 Å². The molecule has 102 valence electrons. The van der Waals surface area contributed by atoms with Gasteiger partial charge in [-0.1, -0.05) is 32.3 Å². The third kappa shape index (κ3) is 4.73. The Bertz CT molecular complexity index is 366. The van der Waals surface area contributed by atoms with Gasteiger partial charge in [-0.2, -0.15) is 0 Å². The predicted molar refractivity (Wildman–Crippen MR) is 71.5 cm³/mol. The van der Waals surface area contributed by atoms with Crippen molar-refractivity contribution in [2.24, 2.45) is 0 Å². The molecule has 0 fully saturated rings. The van der Waals surface area contributed by atoms with E-state index in [1.54, 1.807) is 0 Å². The summed E-state index contributed by atoms with van der Waals surface area (Å²) in [4.78, 5) is 0. The molecule has 0 heterocycles. The summed E-state index contributed by atoms with van der Waals surface area (Å²) in [6.07, 6.45) is 4.70. The number of rotatable bonds is 7. The van der Waals surface area contributed by atoms with Gasteiger partial charge in [0.05, 0.1) is 0 Å². The van der Waals surface area contributed by atoms with E-state index in [1.807, 2.05) is 6.92 Å². The van der Waals surface area contributed by atoms with Crippen molar-refractivity contribution in [1.29, 1.82) is 0 Å². The van der Waals surface area contributed by atoms with Crippen LogP contribution in [0.15, 0.2) is 18.2 Å². The third-order valence-corrected chi connectivity index (χ3v) is 3.20. The Balaban J connectivity index is 2.51. The summed E-state index contributed by atoms with van der Waals surface area (Å²) in [6, 6.07) is 4.01. The Kier molecular flexibility index (Phi) is 6.27. The minimum absolute atomic E-state index is 0.0952. The van der Waals surface area contributed by atoms with Gasteiger partial charge in [-0.25, -0.2) is 8.78 Å². The molecule has 2 atom stereocenters. The molecule has 1 nitrogen and oxygen atoms in total. The van der Waals surface area contributed by atoms with E-state index in [9.17, 15) is 8.78 Å². The van der Waals surface area contributed by atoms with Crippen LogP contribution in [0.5, 0.6) is 0 Å².